The van der Waals surface area contributed by atoms with Crippen LogP contribution in [0.1, 0.15) is 24.8 Å². The molecule has 3 rings (SSSR count). The highest BCUT2D eigenvalue weighted by Gasteiger charge is 2.31. The molecule has 1 aliphatic heterocycles. The molecule has 0 radical (unpaired) electrons. The average molecular weight is 426 g/mol. The molecule has 11 heteroatoms. The van der Waals surface area contributed by atoms with Crippen LogP contribution in [0.25, 0.3) is 11.4 Å². The zero-order valence-electron chi connectivity index (χ0n) is 16.3. The number of benzene rings is 1. The van der Waals surface area contributed by atoms with Crippen LogP contribution in [-0.4, -0.2) is 64.7 Å². The van der Waals surface area contributed by atoms with E-state index in [1.807, 2.05) is 0 Å². The Morgan fingerprint density at radius 1 is 1.17 bits per heavy atom. The van der Waals surface area contributed by atoms with Gasteiger partial charge in [0, 0.05) is 44.6 Å². The minimum atomic E-state index is -4.47. The molecule has 0 saturated carbocycles. The van der Waals surface area contributed by atoms with Crippen LogP contribution in [0.2, 0.25) is 0 Å². The topological polar surface area (TPSA) is 88.8 Å². The zero-order chi connectivity index (χ0) is 21.7. The van der Waals surface area contributed by atoms with Crippen LogP contribution >= 0.6 is 0 Å². The molecule has 1 aromatic heterocycles. The molecule has 30 heavy (non-hydrogen) atoms. The number of halogens is 3. The number of carbonyl (C=O) groups excluding carboxylic acids is 2. The predicted molar refractivity (Wildman–Crippen MR) is 98.2 cm³/mol. The minimum Gasteiger partial charge on any atom is -0.450 e. The summed E-state index contributed by atoms with van der Waals surface area (Å²) in [5.41, 5.74) is -0.621. The summed E-state index contributed by atoms with van der Waals surface area (Å²) in [6, 6.07) is 4.64. The molecule has 2 heterocycles. The van der Waals surface area contributed by atoms with E-state index in [-0.39, 0.29) is 36.0 Å². The van der Waals surface area contributed by atoms with Crippen molar-refractivity contribution < 1.29 is 32.0 Å². The summed E-state index contributed by atoms with van der Waals surface area (Å²) in [6.07, 6.45) is -4.57. The van der Waals surface area contributed by atoms with Gasteiger partial charge in [-0.25, -0.2) is 4.79 Å². The van der Waals surface area contributed by atoms with Gasteiger partial charge in [-0.1, -0.05) is 17.3 Å². The van der Waals surface area contributed by atoms with Crippen molar-refractivity contribution in [1.29, 1.82) is 0 Å². The maximum atomic E-state index is 12.8. The fourth-order valence-corrected chi connectivity index (χ4v) is 3.03. The molecule has 1 saturated heterocycles. The Balaban J connectivity index is 1.52. The van der Waals surface area contributed by atoms with Gasteiger partial charge in [0.05, 0.1) is 12.2 Å². The molecule has 162 valence electrons. The molecule has 1 aromatic carbocycles. The highest BCUT2D eigenvalue weighted by atomic mass is 19.4. The number of alkyl halides is 3. The van der Waals surface area contributed by atoms with Gasteiger partial charge in [0.15, 0.2) is 0 Å². The minimum absolute atomic E-state index is 0.0339. The summed E-state index contributed by atoms with van der Waals surface area (Å²) in [4.78, 5) is 31.4. The van der Waals surface area contributed by atoms with Crippen molar-refractivity contribution in [3.63, 3.8) is 0 Å². The number of amides is 2. The number of aryl methyl sites for hydroxylation is 1. The first-order valence-electron chi connectivity index (χ1n) is 9.47. The summed E-state index contributed by atoms with van der Waals surface area (Å²) in [7, 11) is 0. The number of nitrogens with zero attached hydrogens (tertiary/aromatic N) is 4. The van der Waals surface area contributed by atoms with Crippen LogP contribution in [0.15, 0.2) is 28.8 Å². The third-order valence-corrected chi connectivity index (χ3v) is 4.63. The van der Waals surface area contributed by atoms with E-state index in [9.17, 15) is 22.8 Å². The fourth-order valence-electron chi connectivity index (χ4n) is 3.03. The largest absolute Gasteiger partial charge is 0.450 e. The highest BCUT2D eigenvalue weighted by Crippen LogP contribution is 2.31. The molecule has 0 spiro atoms. The summed E-state index contributed by atoms with van der Waals surface area (Å²) < 4.78 is 48.6. The summed E-state index contributed by atoms with van der Waals surface area (Å²) in [5.74, 6) is 0.0739. The van der Waals surface area contributed by atoms with E-state index in [2.05, 4.69) is 10.1 Å². The Bertz CT molecular complexity index is 892. The molecule has 1 aliphatic rings. The first-order chi connectivity index (χ1) is 14.3. The standard InChI is InChI=1S/C19H21F3N4O4/c1-2-29-18(28)26-10-8-25(9-11-26)16(27)7-6-15-23-17(24-30-15)13-4-3-5-14(12-13)19(20,21)22/h3-5,12H,2,6-11H2,1H3. The van der Waals surface area contributed by atoms with Gasteiger partial charge in [0.1, 0.15) is 0 Å². The van der Waals surface area contributed by atoms with E-state index in [1.165, 1.54) is 12.1 Å². The van der Waals surface area contributed by atoms with Crippen molar-refractivity contribution in [3.05, 3.63) is 35.7 Å². The third kappa shape index (κ3) is 5.28. The van der Waals surface area contributed by atoms with E-state index in [4.69, 9.17) is 9.26 Å². The highest BCUT2D eigenvalue weighted by molar-refractivity contribution is 5.77. The SMILES string of the molecule is CCOC(=O)N1CCN(C(=O)CCc2nc(-c3cccc(C(F)(F)F)c3)no2)CC1. The molecule has 2 amide bonds. The van der Waals surface area contributed by atoms with Crippen LogP contribution in [0.5, 0.6) is 0 Å². The number of rotatable bonds is 5. The Morgan fingerprint density at radius 3 is 2.53 bits per heavy atom. The molecular weight excluding hydrogens is 405 g/mol. The lowest BCUT2D eigenvalue weighted by molar-refractivity contribution is -0.137. The lowest BCUT2D eigenvalue weighted by atomic mass is 10.1. The van der Waals surface area contributed by atoms with E-state index < -0.39 is 17.8 Å². The van der Waals surface area contributed by atoms with Crippen molar-refractivity contribution >= 4 is 12.0 Å². The zero-order valence-corrected chi connectivity index (χ0v) is 16.3. The van der Waals surface area contributed by atoms with Crippen LogP contribution in [0.4, 0.5) is 18.0 Å². The molecule has 0 atom stereocenters. The molecule has 0 unspecified atom stereocenters. The number of piperazine rings is 1. The molecule has 0 bridgehead atoms. The maximum Gasteiger partial charge on any atom is 0.416 e. The molecular formula is C19H21F3N4O4. The van der Waals surface area contributed by atoms with Crippen LogP contribution in [0, 0.1) is 0 Å². The number of hydrogen-bond acceptors (Lipinski definition) is 6. The molecule has 8 nitrogen and oxygen atoms in total. The molecule has 0 aliphatic carbocycles. The Kier molecular flexibility index (Phi) is 6.58. The third-order valence-electron chi connectivity index (χ3n) is 4.63. The van der Waals surface area contributed by atoms with E-state index >= 15 is 0 Å². The second-order valence-electron chi connectivity index (χ2n) is 6.66. The van der Waals surface area contributed by atoms with Crippen molar-refractivity contribution in [2.75, 3.05) is 32.8 Å². The predicted octanol–water partition coefficient (Wildman–Crippen LogP) is 2.99. The number of aromatic nitrogens is 2. The molecule has 0 N–H and O–H groups in total. The lowest BCUT2D eigenvalue weighted by Crippen LogP contribution is -2.50. The van der Waals surface area contributed by atoms with E-state index in [0.717, 1.165) is 12.1 Å². The molecule has 2 aromatic rings. The normalized spacial score (nSPS) is 14.7. The monoisotopic (exact) mass is 426 g/mol. The van der Waals surface area contributed by atoms with Crippen LogP contribution < -0.4 is 0 Å². The number of ether oxygens (including phenoxy) is 1. The van der Waals surface area contributed by atoms with Crippen molar-refractivity contribution in [2.24, 2.45) is 0 Å². The van der Waals surface area contributed by atoms with Gasteiger partial charge in [-0.3, -0.25) is 4.79 Å². The smallest absolute Gasteiger partial charge is 0.416 e. The van der Waals surface area contributed by atoms with Gasteiger partial charge in [-0.2, -0.15) is 18.2 Å². The first kappa shape index (κ1) is 21.6. The van der Waals surface area contributed by atoms with Gasteiger partial charge >= 0.3 is 12.3 Å². The second kappa shape index (κ2) is 9.14. The van der Waals surface area contributed by atoms with Crippen molar-refractivity contribution in [1.82, 2.24) is 19.9 Å². The summed E-state index contributed by atoms with van der Waals surface area (Å²) in [5, 5.41) is 3.71. The number of hydrogen-bond donors (Lipinski definition) is 0. The Labute approximate surface area is 170 Å². The van der Waals surface area contributed by atoms with Crippen molar-refractivity contribution in [3.8, 4) is 11.4 Å². The number of carbonyl (C=O) groups is 2. The Morgan fingerprint density at radius 2 is 1.87 bits per heavy atom. The lowest BCUT2D eigenvalue weighted by Gasteiger charge is -2.34. The maximum absolute atomic E-state index is 12.8. The van der Waals surface area contributed by atoms with Gasteiger partial charge in [-0.05, 0) is 19.1 Å². The summed E-state index contributed by atoms with van der Waals surface area (Å²) in [6.45, 7) is 3.61. The average Bonchev–Trinajstić information content (AvgIpc) is 3.21. The first-order valence-corrected chi connectivity index (χ1v) is 9.47. The quantitative estimate of drug-likeness (QED) is 0.730. The van der Waals surface area contributed by atoms with Gasteiger partial charge in [0.25, 0.3) is 0 Å². The van der Waals surface area contributed by atoms with E-state index in [0.29, 0.717) is 32.8 Å². The van der Waals surface area contributed by atoms with Gasteiger partial charge in [0.2, 0.25) is 17.6 Å². The van der Waals surface area contributed by atoms with Crippen molar-refractivity contribution in [2.45, 2.75) is 25.9 Å². The van der Waals surface area contributed by atoms with Crippen LogP contribution in [0.3, 0.4) is 0 Å². The fraction of sp³-hybridized carbons (Fsp3) is 0.474. The summed E-state index contributed by atoms with van der Waals surface area (Å²) >= 11 is 0. The van der Waals surface area contributed by atoms with Crippen LogP contribution in [-0.2, 0) is 22.1 Å². The van der Waals surface area contributed by atoms with E-state index in [1.54, 1.807) is 16.7 Å². The molecule has 1 fully saturated rings. The van der Waals surface area contributed by atoms with Gasteiger partial charge < -0.3 is 19.1 Å². The Hall–Kier alpha value is -3.11. The van der Waals surface area contributed by atoms with Gasteiger partial charge in [-0.15, -0.1) is 0 Å². The second-order valence-corrected chi connectivity index (χ2v) is 6.66.